The molecule has 0 spiro atoms. The van der Waals surface area contributed by atoms with Gasteiger partial charge in [-0.1, -0.05) is 31.2 Å². The predicted molar refractivity (Wildman–Crippen MR) is 73.9 cm³/mol. The van der Waals surface area contributed by atoms with Crippen LogP contribution in [-0.2, 0) is 4.79 Å². The van der Waals surface area contributed by atoms with Crippen molar-refractivity contribution < 1.29 is 9.21 Å². The zero-order valence-electron chi connectivity index (χ0n) is 10.5. The fraction of sp³-hybridized carbons (Fsp3) is 0.125. The number of aromatic nitrogens is 1. The van der Waals surface area contributed by atoms with E-state index in [1.54, 1.807) is 0 Å². The number of carbonyl (C=O) groups excluding carboxylic acids is 1. The molecule has 0 aliphatic rings. The number of aldehydes is 1. The number of rotatable bonds is 3. The minimum Gasteiger partial charge on any atom is -0.436 e. The fourth-order valence-electron chi connectivity index (χ4n) is 2.01. The van der Waals surface area contributed by atoms with Gasteiger partial charge < -0.3 is 9.21 Å². The first-order valence-corrected chi connectivity index (χ1v) is 6.19. The van der Waals surface area contributed by atoms with Gasteiger partial charge in [0.2, 0.25) is 5.89 Å². The van der Waals surface area contributed by atoms with E-state index >= 15 is 0 Å². The molecule has 0 amide bonds. The molecule has 0 saturated heterocycles. The zero-order valence-corrected chi connectivity index (χ0v) is 10.5. The third-order valence-corrected chi connectivity index (χ3v) is 3.16. The quantitative estimate of drug-likeness (QED) is 0.665. The predicted octanol–water partition coefficient (Wildman–Crippen LogP) is 3.80. The van der Waals surface area contributed by atoms with Crippen molar-refractivity contribution in [2.75, 3.05) is 0 Å². The molecule has 19 heavy (non-hydrogen) atoms. The summed E-state index contributed by atoms with van der Waals surface area (Å²) in [5.41, 5.74) is 3.42. The van der Waals surface area contributed by atoms with Gasteiger partial charge in [0.05, 0.1) is 0 Å². The molecule has 94 valence electrons. The molecule has 3 heteroatoms. The molecule has 3 rings (SSSR count). The summed E-state index contributed by atoms with van der Waals surface area (Å²) < 4.78 is 5.72. The first kappa shape index (κ1) is 11.7. The van der Waals surface area contributed by atoms with Crippen molar-refractivity contribution in [2.24, 2.45) is 0 Å². The van der Waals surface area contributed by atoms with E-state index in [0.717, 1.165) is 28.5 Å². The molecule has 0 N–H and O–H groups in total. The van der Waals surface area contributed by atoms with Crippen LogP contribution in [0.1, 0.15) is 18.4 Å². The van der Waals surface area contributed by atoms with E-state index in [2.05, 4.69) is 4.98 Å². The van der Waals surface area contributed by atoms with Crippen molar-refractivity contribution >= 4 is 17.4 Å². The number of oxazole rings is 1. The summed E-state index contributed by atoms with van der Waals surface area (Å²) >= 11 is 0. The Morgan fingerprint density at radius 2 is 1.95 bits per heavy atom. The van der Waals surface area contributed by atoms with E-state index in [-0.39, 0.29) is 5.92 Å². The number of hydrogen-bond acceptors (Lipinski definition) is 3. The van der Waals surface area contributed by atoms with Gasteiger partial charge in [0.25, 0.3) is 0 Å². The molecule has 1 atom stereocenters. The smallest absolute Gasteiger partial charge is 0.227 e. The molecule has 2 aromatic carbocycles. The number of benzene rings is 2. The van der Waals surface area contributed by atoms with Gasteiger partial charge in [-0.05, 0) is 29.8 Å². The second-order valence-corrected chi connectivity index (χ2v) is 4.54. The second kappa shape index (κ2) is 4.69. The SMILES string of the molecule is CC(C=O)c1ccc2oc(-c3ccccc3)nc2c1. The molecule has 0 aliphatic carbocycles. The lowest BCUT2D eigenvalue weighted by atomic mass is 10.0. The first-order valence-electron chi connectivity index (χ1n) is 6.19. The van der Waals surface area contributed by atoms with Gasteiger partial charge in [0, 0.05) is 11.5 Å². The lowest BCUT2D eigenvalue weighted by Gasteiger charge is -2.01. The van der Waals surface area contributed by atoms with E-state index in [0.29, 0.717) is 5.89 Å². The van der Waals surface area contributed by atoms with Crippen LogP contribution < -0.4 is 0 Å². The number of hydrogen-bond donors (Lipinski definition) is 0. The highest BCUT2D eigenvalue weighted by Crippen LogP contribution is 2.26. The molecule has 0 bridgehead atoms. The van der Waals surface area contributed by atoms with Crippen molar-refractivity contribution in [3.8, 4) is 11.5 Å². The Labute approximate surface area is 110 Å². The van der Waals surface area contributed by atoms with E-state index in [1.807, 2.05) is 55.5 Å². The lowest BCUT2D eigenvalue weighted by Crippen LogP contribution is -1.93. The van der Waals surface area contributed by atoms with Crippen LogP contribution in [0.2, 0.25) is 0 Å². The molecular weight excluding hydrogens is 238 g/mol. The highest BCUT2D eigenvalue weighted by Gasteiger charge is 2.10. The lowest BCUT2D eigenvalue weighted by molar-refractivity contribution is -0.108. The van der Waals surface area contributed by atoms with Crippen molar-refractivity contribution in [3.63, 3.8) is 0 Å². The Hall–Kier alpha value is -2.42. The molecule has 1 aromatic heterocycles. The molecule has 0 radical (unpaired) electrons. The van der Waals surface area contributed by atoms with E-state index in [4.69, 9.17) is 4.42 Å². The molecule has 0 saturated carbocycles. The van der Waals surface area contributed by atoms with Crippen molar-refractivity contribution in [3.05, 3.63) is 54.1 Å². The van der Waals surface area contributed by atoms with E-state index in [1.165, 1.54) is 0 Å². The van der Waals surface area contributed by atoms with Gasteiger partial charge in [0.1, 0.15) is 11.8 Å². The highest BCUT2D eigenvalue weighted by molar-refractivity contribution is 5.78. The molecule has 1 heterocycles. The number of nitrogens with zero attached hydrogens (tertiary/aromatic N) is 1. The largest absolute Gasteiger partial charge is 0.436 e. The summed E-state index contributed by atoms with van der Waals surface area (Å²) in [7, 11) is 0. The average molecular weight is 251 g/mol. The van der Waals surface area contributed by atoms with Crippen LogP contribution in [0.15, 0.2) is 52.9 Å². The highest BCUT2D eigenvalue weighted by atomic mass is 16.3. The third kappa shape index (κ3) is 2.15. The van der Waals surface area contributed by atoms with E-state index < -0.39 is 0 Å². The Balaban J connectivity index is 2.09. The second-order valence-electron chi connectivity index (χ2n) is 4.54. The maximum absolute atomic E-state index is 10.8. The monoisotopic (exact) mass is 251 g/mol. The maximum atomic E-state index is 10.8. The maximum Gasteiger partial charge on any atom is 0.227 e. The first-order chi connectivity index (χ1) is 9.28. The summed E-state index contributed by atoms with van der Waals surface area (Å²) in [6, 6.07) is 15.4. The van der Waals surface area contributed by atoms with Gasteiger partial charge in [-0.25, -0.2) is 4.98 Å². The molecule has 0 fully saturated rings. The van der Waals surface area contributed by atoms with Crippen molar-refractivity contribution in [2.45, 2.75) is 12.8 Å². The summed E-state index contributed by atoms with van der Waals surface area (Å²) in [5, 5.41) is 0. The van der Waals surface area contributed by atoms with Crippen LogP contribution in [0.4, 0.5) is 0 Å². The number of fused-ring (bicyclic) bond motifs is 1. The summed E-state index contributed by atoms with van der Waals surface area (Å²) in [5.74, 6) is 0.479. The van der Waals surface area contributed by atoms with Gasteiger partial charge in [-0.2, -0.15) is 0 Å². The van der Waals surface area contributed by atoms with Gasteiger partial charge >= 0.3 is 0 Å². The Bertz CT molecular complexity index is 716. The topological polar surface area (TPSA) is 43.1 Å². The van der Waals surface area contributed by atoms with Crippen LogP contribution in [0.5, 0.6) is 0 Å². The van der Waals surface area contributed by atoms with E-state index in [9.17, 15) is 4.79 Å². The van der Waals surface area contributed by atoms with Crippen LogP contribution in [0.3, 0.4) is 0 Å². The molecular formula is C16H13NO2. The minimum absolute atomic E-state index is 0.124. The normalized spacial score (nSPS) is 12.5. The van der Waals surface area contributed by atoms with Crippen LogP contribution in [-0.4, -0.2) is 11.3 Å². The van der Waals surface area contributed by atoms with Gasteiger partial charge in [0.15, 0.2) is 5.58 Å². The van der Waals surface area contributed by atoms with Crippen LogP contribution in [0, 0.1) is 0 Å². The third-order valence-electron chi connectivity index (χ3n) is 3.16. The standard InChI is InChI=1S/C16H13NO2/c1-11(10-18)13-7-8-15-14(9-13)17-16(19-15)12-5-3-2-4-6-12/h2-11H,1H3. The van der Waals surface area contributed by atoms with Crippen LogP contribution in [0.25, 0.3) is 22.6 Å². The Morgan fingerprint density at radius 1 is 1.16 bits per heavy atom. The van der Waals surface area contributed by atoms with Gasteiger partial charge in [-0.3, -0.25) is 0 Å². The average Bonchev–Trinajstić information content (AvgIpc) is 2.90. The van der Waals surface area contributed by atoms with Crippen LogP contribution >= 0.6 is 0 Å². The summed E-state index contributed by atoms with van der Waals surface area (Å²) in [4.78, 5) is 15.3. The molecule has 0 aliphatic heterocycles. The molecule has 3 nitrogen and oxygen atoms in total. The summed E-state index contributed by atoms with van der Waals surface area (Å²) in [6.07, 6.45) is 0.930. The van der Waals surface area contributed by atoms with Crippen molar-refractivity contribution in [1.82, 2.24) is 4.98 Å². The van der Waals surface area contributed by atoms with Gasteiger partial charge in [-0.15, -0.1) is 0 Å². The molecule has 1 unspecified atom stereocenters. The zero-order chi connectivity index (χ0) is 13.2. The van der Waals surface area contributed by atoms with Crippen molar-refractivity contribution in [1.29, 1.82) is 0 Å². The molecule has 3 aromatic rings. The Morgan fingerprint density at radius 3 is 2.68 bits per heavy atom. The number of carbonyl (C=O) groups is 1. The minimum atomic E-state index is -0.124. The summed E-state index contributed by atoms with van der Waals surface area (Å²) in [6.45, 7) is 1.87. The Kier molecular flexibility index (Phi) is 2.88. The fourth-order valence-corrected chi connectivity index (χ4v) is 2.01.